The summed E-state index contributed by atoms with van der Waals surface area (Å²) in [5, 5.41) is 2.06. The molecule has 0 saturated carbocycles. The number of allylic oxidation sites excluding steroid dienone is 2. The van der Waals surface area contributed by atoms with Gasteiger partial charge in [-0.15, -0.1) is 0 Å². The first-order chi connectivity index (χ1) is 11.1. The van der Waals surface area contributed by atoms with Crippen LogP contribution in [-0.4, -0.2) is 33.3 Å². The van der Waals surface area contributed by atoms with Gasteiger partial charge in [0.1, 0.15) is 0 Å². The van der Waals surface area contributed by atoms with Crippen LogP contribution in [0.1, 0.15) is 46.5 Å². The Labute approximate surface area is 151 Å². The zero-order valence-corrected chi connectivity index (χ0v) is 17.5. The van der Waals surface area contributed by atoms with E-state index >= 15 is 0 Å². The molecule has 4 nitrogen and oxygen atoms in total. The van der Waals surface area contributed by atoms with E-state index < -0.39 is 8.32 Å². The summed E-state index contributed by atoms with van der Waals surface area (Å²) in [6.07, 6.45) is 6.30. The number of carbonyl (C=O) groups excluding carboxylic acids is 2. The number of esters is 1. The molecule has 0 radical (unpaired) electrons. The van der Waals surface area contributed by atoms with Gasteiger partial charge in [0.15, 0.2) is 14.1 Å². The van der Waals surface area contributed by atoms with Crippen molar-refractivity contribution in [1.29, 1.82) is 0 Å². The van der Waals surface area contributed by atoms with E-state index in [1.165, 1.54) is 18.9 Å². The molecule has 136 valence electrons. The van der Waals surface area contributed by atoms with E-state index in [0.29, 0.717) is 12.8 Å². The number of hydrogen-bond acceptors (Lipinski definition) is 5. The molecule has 6 heteroatoms. The normalized spacial score (nSPS) is 19.0. The highest BCUT2D eigenvalue weighted by molar-refractivity contribution is 8.06. The highest BCUT2D eigenvalue weighted by atomic mass is 32.2. The van der Waals surface area contributed by atoms with E-state index in [2.05, 4.69) is 38.6 Å². The van der Waals surface area contributed by atoms with Crippen LogP contribution in [0.5, 0.6) is 0 Å². The zero-order chi connectivity index (χ0) is 18.4. The van der Waals surface area contributed by atoms with Crippen LogP contribution in [0.25, 0.3) is 0 Å². The molecule has 0 aromatic carbocycles. The van der Waals surface area contributed by atoms with Crippen molar-refractivity contribution >= 4 is 31.8 Å². The lowest BCUT2D eigenvalue weighted by Crippen LogP contribution is -2.43. The van der Waals surface area contributed by atoms with Crippen molar-refractivity contribution in [2.75, 3.05) is 7.11 Å². The minimum absolute atomic E-state index is 0.0892. The maximum atomic E-state index is 12.1. The summed E-state index contributed by atoms with van der Waals surface area (Å²) in [7, 11) is -0.463. The Morgan fingerprint density at radius 3 is 2.67 bits per heavy atom. The molecule has 0 heterocycles. The molecule has 0 spiro atoms. The topological polar surface area (TPSA) is 52.6 Å². The van der Waals surface area contributed by atoms with Gasteiger partial charge < -0.3 is 9.16 Å². The SMILES string of the molecule is COC(=O)CCCC=CSC1=C[C@H](O[Si](C)(C)C(C)(C)C)CC1=O. The van der Waals surface area contributed by atoms with Crippen molar-refractivity contribution in [2.24, 2.45) is 0 Å². The Bertz CT molecular complexity index is 518. The molecule has 0 fully saturated rings. The predicted octanol–water partition coefficient (Wildman–Crippen LogP) is 4.82. The quantitative estimate of drug-likeness (QED) is 0.348. The van der Waals surface area contributed by atoms with Gasteiger partial charge in [0.05, 0.1) is 18.1 Å². The highest BCUT2D eigenvalue weighted by Crippen LogP contribution is 2.39. The van der Waals surface area contributed by atoms with Gasteiger partial charge in [-0.1, -0.05) is 38.6 Å². The van der Waals surface area contributed by atoms with Crippen LogP contribution in [0.4, 0.5) is 0 Å². The Morgan fingerprint density at radius 1 is 1.42 bits per heavy atom. The fourth-order valence-electron chi connectivity index (χ4n) is 2.00. The monoisotopic (exact) mass is 370 g/mol. The molecule has 0 amide bonds. The van der Waals surface area contributed by atoms with Gasteiger partial charge in [-0.05, 0) is 42.5 Å². The minimum Gasteiger partial charge on any atom is -0.469 e. The Balaban J connectivity index is 2.46. The number of unbranched alkanes of at least 4 members (excludes halogenated alkanes) is 1. The summed E-state index contributed by atoms with van der Waals surface area (Å²) in [5.74, 6) is -0.0294. The van der Waals surface area contributed by atoms with Crippen LogP contribution in [0.15, 0.2) is 22.5 Å². The average molecular weight is 371 g/mol. The summed E-state index contributed by atoms with van der Waals surface area (Å²) in [4.78, 5) is 23.9. The van der Waals surface area contributed by atoms with E-state index in [1.54, 1.807) is 0 Å². The Hall–Kier alpha value is -0.853. The second-order valence-corrected chi connectivity index (χ2v) is 13.2. The minimum atomic E-state index is -1.86. The number of ketones is 1. The van der Waals surface area contributed by atoms with Crippen molar-refractivity contribution in [3.8, 4) is 0 Å². The number of ether oxygens (including phenoxy) is 1. The van der Waals surface area contributed by atoms with Gasteiger partial charge in [-0.2, -0.15) is 0 Å². The summed E-state index contributed by atoms with van der Waals surface area (Å²) in [6.45, 7) is 11.0. The summed E-state index contributed by atoms with van der Waals surface area (Å²) >= 11 is 1.44. The second-order valence-electron chi connectivity index (χ2n) is 7.53. The fourth-order valence-corrected chi connectivity index (χ4v) is 4.08. The van der Waals surface area contributed by atoms with Crippen molar-refractivity contribution in [3.63, 3.8) is 0 Å². The number of carbonyl (C=O) groups is 2. The summed E-state index contributed by atoms with van der Waals surface area (Å²) in [5.41, 5.74) is 0. The third kappa shape index (κ3) is 6.57. The predicted molar refractivity (Wildman–Crippen MR) is 102 cm³/mol. The first-order valence-corrected chi connectivity index (χ1v) is 12.2. The third-order valence-corrected chi connectivity index (χ3v) is 9.97. The van der Waals surface area contributed by atoms with Crippen molar-refractivity contribution in [1.82, 2.24) is 0 Å². The van der Waals surface area contributed by atoms with Crippen LogP contribution in [0, 0.1) is 0 Å². The highest BCUT2D eigenvalue weighted by Gasteiger charge is 2.40. The van der Waals surface area contributed by atoms with Crippen molar-refractivity contribution in [3.05, 3.63) is 22.5 Å². The lowest BCUT2D eigenvalue weighted by molar-refractivity contribution is -0.140. The van der Waals surface area contributed by atoms with Gasteiger partial charge in [0.25, 0.3) is 0 Å². The van der Waals surface area contributed by atoms with Crippen molar-refractivity contribution in [2.45, 2.75) is 70.7 Å². The number of rotatable bonds is 8. The Kier molecular flexibility index (Phi) is 7.96. The number of Topliss-reactive ketones (excluding diaryl/α,β-unsaturated/α-hetero) is 1. The number of thioether (sulfide) groups is 1. The molecule has 0 N–H and O–H groups in total. The van der Waals surface area contributed by atoms with Crippen LogP contribution in [0.2, 0.25) is 18.1 Å². The first kappa shape index (κ1) is 21.2. The molecule has 1 rings (SSSR count). The van der Waals surface area contributed by atoms with E-state index in [9.17, 15) is 9.59 Å². The van der Waals surface area contributed by atoms with E-state index in [-0.39, 0.29) is 22.9 Å². The summed E-state index contributed by atoms with van der Waals surface area (Å²) < 4.78 is 10.9. The Morgan fingerprint density at radius 2 is 2.08 bits per heavy atom. The van der Waals surface area contributed by atoms with Crippen LogP contribution >= 0.6 is 11.8 Å². The molecule has 24 heavy (non-hydrogen) atoms. The van der Waals surface area contributed by atoms with Gasteiger partial charge in [-0.25, -0.2) is 0 Å². The lowest BCUT2D eigenvalue weighted by atomic mass is 10.2. The number of methoxy groups -OCH3 is 1. The molecule has 0 aromatic heterocycles. The van der Waals surface area contributed by atoms with Crippen LogP contribution in [0.3, 0.4) is 0 Å². The standard InChI is InChI=1S/C18H30O4SSi/c1-18(2,3)24(5,6)22-14-12-15(19)16(13-14)23-11-9-7-8-10-17(20)21-4/h9,11,13-14H,7-8,10,12H2,1-6H3/t14-/m1/s1. The maximum Gasteiger partial charge on any atom is 0.305 e. The molecule has 1 aliphatic carbocycles. The zero-order valence-electron chi connectivity index (χ0n) is 15.7. The molecule has 0 bridgehead atoms. The largest absolute Gasteiger partial charge is 0.469 e. The van der Waals surface area contributed by atoms with E-state index in [1.807, 2.05) is 17.6 Å². The second kappa shape index (κ2) is 9.01. The molecule has 0 saturated heterocycles. The van der Waals surface area contributed by atoms with Gasteiger partial charge in [0.2, 0.25) is 0 Å². The van der Waals surface area contributed by atoms with Crippen LogP contribution in [-0.2, 0) is 18.8 Å². The smallest absolute Gasteiger partial charge is 0.305 e. The fraction of sp³-hybridized carbons (Fsp3) is 0.667. The molecule has 1 aliphatic rings. The molecular weight excluding hydrogens is 340 g/mol. The van der Waals surface area contributed by atoms with Crippen molar-refractivity contribution < 1.29 is 18.8 Å². The van der Waals surface area contributed by atoms with E-state index in [0.717, 1.165) is 17.7 Å². The van der Waals surface area contributed by atoms with Gasteiger partial charge >= 0.3 is 5.97 Å². The molecule has 0 aromatic rings. The average Bonchev–Trinajstić information content (AvgIpc) is 2.80. The van der Waals surface area contributed by atoms with Crippen LogP contribution < -0.4 is 0 Å². The summed E-state index contributed by atoms with van der Waals surface area (Å²) in [6, 6.07) is 0. The molecule has 0 aliphatic heterocycles. The molecule has 0 unspecified atom stereocenters. The van der Waals surface area contributed by atoms with Gasteiger partial charge in [0, 0.05) is 12.8 Å². The van der Waals surface area contributed by atoms with Gasteiger partial charge in [-0.3, -0.25) is 9.59 Å². The number of hydrogen-bond donors (Lipinski definition) is 0. The molecule has 1 atom stereocenters. The first-order valence-electron chi connectivity index (χ1n) is 8.38. The molecular formula is C18H30O4SSi. The third-order valence-electron chi connectivity index (χ3n) is 4.52. The lowest BCUT2D eigenvalue weighted by Gasteiger charge is -2.37. The van der Waals surface area contributed by atoms with E-state index in [4.69, 9.17) is 4.43 Å². The maximum absolute atomic E-state index is 12.1.